The van der Waals surface area contributed by atoms with E-state index in [1.807, 2.05) is 0 Å². The third-order valence-electron chi connectivity index (χ3n) is 11.3. The van der Waals surface area contributed by atoms with Crippen LogP contribution in [0.2, 0.25) is 0 Å². The molecule has 1 aliphatic carbocycles. The van der Waals surface area contributed by atoms with Crippen LogP contribution in [0.4, 0.5) is 0 Å². The number of guanidine groups is 1. The lowest BCUT2D eigenvalue weighted by atomic mass is 9.84. The number of primary amides is 1. The summed E-state index contributed by atoms with van der Waals surface area (Å²) < 4.78 is 0. The van der Waals surface area contributed by atoms with Crippen molar-refractivity contribution in [1.29, 1.82) is 0 Å². The van der Waals surface area contributed by atoms with Crippen LogP contribution in [0.1, 0.15) is 96.2 Å². The molecule has 1 aliphatic heterocycles. The van der Waals surface area contributed by atoms with E-state index in [1.165, 1.54) is 36.5 Å². The highest BCUT2D eigenvalue weighted by Crippen LogP contribution is 2.29. The fraction of sp³-hybridized carbons (Fsp3) is 0.595. The summed E-state index contributed by atoms with van der Waals surface area (Å²) in [5.74, 6) is -4.47. The average Bonchev–Trinajstić information content (AvgIpc) is 3.94. The number of likely N-dealkylation sites (tertiary alicyclic amines) is 1. The quantitative estimate of drug-likeness (QED) is 0.0409. The first-order valence-corrected chi connectivity index (χ1v) is 21.4. The van der Waals surface area contributed by atoms with Crippen molar-refractivity contribution in [2.75, 3.05) is 13.1 Å². The molecule has 0 radical (unpaired) electrons. The summed E-state index contributed by atoms with van der Waals surface area (Å²) in [5, 5.41) is 23.7. The zero-order valence-corrected chi connectivity index (χ0v) is 35.9. The molecule has 2 aromatic rings. The van der Waals surface area contributed by atoms with Gasteiger partial charge < -0.3 is 58.8 Å². The molecule has 4 rings (SSSR count). The predicted octanol–water partition coefficient (Wildman–Crippen LogP) is -0.499. The van der Waals surface area contributed by atoms with Crippen LogP contribution in [0.3, 0.4) is 0 Å². The number of amides is 7. The predicted molar refractivity (Wildman–Crippen MR) is 229 cm³/mol. The summed E-state index contributed by atoms with van der Waals surface area (Å²) in [5.41, 5.74) is 17.6. The van der Waals surface area contributed by atoms with Gasteiger partial charge in [0, 0.05) is 44.7 Å². The van der Waals surface area contributed by atoms with Crippen molar-refractivity contribution in [3.05, 3.63) is 48.0 Å². The molecule has 7 amide bonds. The topological polar surface area (TPSA) is 322 Å². The Hall–Kier alpha value is -6.21. The van der Waals surface area contributed by atoms with Crippen LogP contribution in [-0.4, -0.2) is 117 Å². The minimum atomic E-state index is -1.22. The monoisotopic (exact) mass is 864 g/mol. The van der Waals surface area contributed by atoms with Gasteiger partial charge in [0.1, 0.15) is 42.0 Å². The van der Waals surface area contributed by atoms with E-state index in [0.717, 1.165) is 32.1 Å². The number of aliphatic imine (C=N–C) groups is 1. The maximum absolute atomic E-state index is 14.7. The number of nitrogens with one attached hydrogen (secondary N) is 6. The Morgan fingerprint density at radius 3 is 2.06 bits per heavy atom. The van der Waals surface area contributed by atoms with E-state index < -0.39 is 77.6 Å². The maximum atomic E-state index is 14.7. The van der Waals surface area contributed by atoms with Gasteiger partial charge in [0.05, 0.1) is 6.33 Å². The second-order valence-electron chi connectivity index (χ2n) is 16.6. The molecule has 13 N–H and O–H groups in total. The Morgan fingerprint density at radius 1 is 0.823 bits per heavy atom. The first-order valence-electron chi connectivity index (χ1n) is 21.4. The molecule has 0 bridgehead atoms. The van der Waals surface area contributed by atoms with E-state index in [1.54, 1.807) is 26.0 Å². The lowest BCUT2D eigenvalue weighted by Crippen LogP contribution is -2.60. The number of nitrogens with two attached hydrogens (primary N) is 3. The number of H-pyrrole nitrogens is 1. The molecule has 1 saturated heterocycles. The van der Waals surface area contributed by atoms with Gasteiger partial charge in [-0.3, -0.25) is 38.6 Å². The minimum Gasteiger partial charge on any atom is -0.508 e. The molecule has 0 spiro atoms. The zero-order chi connectivity index (χ0) is 45.3. The number of phenols is 1. The summed E-state index contributed by atoms with van der Waals surface area (Å²) in [4.78, 5) is 107. The van der Waals surface area contributed by atoms with Crippen molar-refractivity contribution in [2.45, 2.75) is 134 Å². The highest BCUT2D eigenvalue weighted by Gasteiger charge is 2.41. The van der Waals surface area contributed by atoms with Crippen molar-refractivity contribution in [3.63, 3.8) is 0 Å². The van der Waals surface area contributed by atoms with Crippen LogP contribution < -0.4 is 43.8 Å². The largest absolute Gasteiger partial charge is 0.508 e. The molecule has 0 unspecified atom stereocenters. The van der Waals surface area contributed by atoms with Gasteiger partial charge in [0.2, 0.25) is 41.4 Å². The number of aromatic hydroxyl groups is 1. The summed E-state index contributed by atoms with van der Waals surface area (Å²) >= 11 is 0. The molecule has 1 aromatic heterocycles. The Morgan fingerprint density at radius 2 is 1.47 bits per heavy atom. The fourth-order valence-corrected chi connectivity index (χ4v) is 8.00. The first-order chi connectivity index (χ1) is 29.5. The molecular formula is C42H64N12O8. The second kappa shape index (κ2) is 23.7. The molecule has 340 valence electrons. The summed E-state index contributed by atoms with van der Waals surface area (Å²) in [6.45, 7) is 5.24. The molecule has 2 fully saturated rings. The number of aromatic amines is 1. The first kappa shape index (κ1) is 48.5. The lowest BCUT2D eigenvalue weighted by molar-refractivity contribution is -0.143. The molecule has 2 heterocycles. The Labute approximate surface area is 361 Å². The van der Waals surface area contributed by atoms with Gasteiger partial charge in [-0.1, -0.05) is 58.1 Å². The van der Waals surface area contributed by atoms with Crippen LogP contribution in [0.5, 0.6) is 5.75 Å². The van der Waals surface area contributed by atoms with Gasteiger partial charge in [-0.2, -0.15) is 0 Å². The minimum absolute atomic E-state index is 0.00286. The van der Waals surface area contributed by atoms with E-state index >= 15 is 0 Å². The number of benzene rings is 1. The average molecular weight is 865 g/mol. The maximum Gasteiger partial charge on any atom is 0.245 e. The zero-order valence-electron chi connectivity index (χ0n) is 35.9. The lowest BCUT2D eigenvalue weighted by Gasteiger charge is -2.33. The highest BCUT2D eigenvalue weighted by molar-refractivity contribution is 5.97. The Kier molecular flexibility index (Phi) is 18.5. The van der Waals surface area contributed by atoms with Crippen molar-refractivity contribution in [2.24, 2.45) is 34.0 Å². The normalized spacial score (nSPS) is 17.7. The molecular weight excluding hydrogens is 801 g/mol. The smallest absolute Gasteiger partial charge is 0.245 e. The molecule has 20 nitrogen and oxygen atoms in total. The van der Waals surface area contributed by atoms with Gasteiger partial charge in [-0.25, -0.2) is 4.98 Å². The summed E-state index contributed by atoms with van der Waals surface area (Å²) in [6.07, 6.45) is 9.20. The number of hydrogen-bond acceptors (Lipinski definition) is 10. The number of imidazole rings is 1. The summed E-state index contributed by atoms with van der Waals surface area (Å²) in [6, 6.07) is -0.392. The number of phenolic OH excluding ortho intramolecular Hbond substituents is 1. The molecule has 1 saturated carbocycles. The fourth-order valence-electron chi connectivity index (χ4n) is 8.00. The number of carbonyl (C=O) groups is 7. The van der Waals surface area contributed by atoms with Crippen molar-refractivity contribution in [1.82, 2.24) is 41.5 Å². The summed E-state index contributed by atoms with van der Waals surface area (Å²) in [7, 11) is 0. The number of nitrogens with zero attached hydrogens (tertiary/aromatic N) is 3. The number of rotatable bonds is 22. The Balaban J connectivity index is 1.57. The van der Waals surface area contributed by atoms with E-state index in [-0.39, 0.29) is 62.3 Å². The van der Waals surface area contributed by atoms with Crippen LogP contribution >= 0.6 is 0 Å². The number of carbonyl (C=O) groups excluding carboxylic acids is 7. The van der Waals surface area contributed by atoms with Gasteiger partial charge in [-0.15, -0.1) is 0 Å². The van der Waals surface area contributed by atoms with Crippen LogP contribution in [0, 0.1) is 11.8 Å². The van der Waals surface area contributed by atoms with Crippen molar-refractivity contribution in [3.8, 4) is 5.75 Å². The number of aromatic nitrogens is 2. The molecule has 20 heteroatoms. The van der Waals surface area contributed by atoms with Crippen LogP contribution in [-0.2, 0) is 46.4 Å². The van der Waals surface area contributed by atoms with E-state index in [9.17, 15) is 38.7 Å². The SMILES string of the molecule is CC(=O)N[C@@H](C(=O)N[C@H](Cc1cnc[nH]1)C(=O)N[C@@H](CC1CCCCC1)C(=O)N1CCC[C@@H]1C(=O)N[C@H](Cc1ccc(O)cc1)C(=O)N[C@@H](CCCN=C(N)N)C(N)=O)C(C)C. The van der Waals surface area contributed by atoms with Crippen molar-refractivity contribution >= 4 is 47.3 Å². The van der Waals surface area contributed by atoms with Gasteiger partial charge in [0.25, 0.3) is 0 Å². The van der Waals surface area contributed by atoms with E-state index in [2.05, 4.69) is 41.5 Å². The number of hydrogen-bond donors (Lipinski definition) is 10. The third-order valence-corrected chi connectivity index (χ3v) is 11.3. The van der Waals surface area contributed by atoms with Crippen LogP contribution in [0.15, 0.2) is 41.8 Å². The molecule has 1 aromatic carbocycles. The van der Waals surface area contributed by atoms with Gasteiger partial charge in [0.15, 0.2) is 5.96 Å². The van der Waals surface area contributed by atoms with E-state index in [4.69, 9.17) is 17.2 Å². The molecule has 6 atom stereocenters. The van der Waals surface area contributed by atoms with Gasteiger partial charge >= 0.3 is 0 Å². The Bertz CT molecular complexity index is 1860. The standard InChI is InChI=1S/C42H64N12O8/c1-24(2)35(49-25(3)55)40(61)52-32(21-28-22-46-23-48-28)38(59)53-33(20-26-9-5-4-6-10-26)41(62)54-18-8-12-34(54)39(60)51-31(19-27-13-15-29(56)16-14-27)37(58)50-30(36(43)57)11-7-17-47-42(44)45/h13-16,22-24,26,30-35,56H,4-12,17-21H2,1-3H3,(H2,43,57)(H,46,48)(H,49,55)(H,50,58)(H,51,60)(H,52,61)(H,53,59)(H4,44,45,47)/t30-,31+,32+,33-,34+,35+/m0/s1. The van der Waals surface area contributed by atoms with Crippen molar-refractivity contribution < 1.29 is 38.7 Å². The molecule has 2 aliphatic rings. The van der Waals surface area contributed by atoms with E-state index in [0.29, 0.717) is 30.5 Å². The second-order valence-corrected chi connectivity index (χ2v) is 16.6. The van der Waals surface area contributed by atoms with Gasteiger partial charge in [-0.05, 0) is 61.6 Å². The third kappa shape index (κ3) is 15.1. The van der Waals surface area contributed by atoms with Crippen LogP contribution in [0.25, 0.3) is 0 Å². The molecule has 62 heavy (non-hydrogen) atoms. The highest BCUT2D eigenvalue weighted by atomic mass is 16.3.